The summed E-state index contributed by atoms with van der Waals surface area (Å²) in [6.45, 7) is 0.326. The Morgan fingerprint density at radius 2 is 1.61 bits per heavy atom. The molecule has 152 valence electrons. The Labute approximate surface area is 163 Å². The topological polar surface area (TPSA) is 125 Å². The molecule has 8 nitrogen and oxygen atoms in total. The Bertz CT molecular complexity index is 721. The molecule has 0 unspecified atom stereocenters. The van der Waals surface area contributed by atoms with Gasteiger partial charge in [0.15, 0.2) is 12.2 Å². The van der Waals surface area contributed by atoms with Crippen molar-refractivity contribution in [2.75, 3.05) is 13.7 Å². The lowest BCUT2D eigenvalue weighted by Crippen LogP contribution is -2.50. The molecule has 0 heterocycles. The van der Waals surface area contributed by atoms with E-state index in [1.165, 1.54) is 7.11 Å². The van der Waals surface area contributed by atoms with Crippen LogP contribution in [0, 0.1) is 11.8 Å². The van der Waals surface area contributed by atoms with Gasteiger partial charge >= 0.3 is 5.97 Å². The molecule has 8 heteroatoms. The van der Waals surface area contributed by atoms with Crippen molar-refractivity contribution in [3.8, 4) is 0 Å². The number of carbonyl (C=O) groups is 3. The number of carbonyl (C=O) groups excluding carboxylic acids is 3. The largest absolute Gasteiger partial charge is 0.469 e. The van der Waals surface area contributed by atoms with Gasteiger partial charge in [-0.1, -0.05) is 24.3 Å². The second-order valence-electron chi connectivity index (χ2n) is 7.45. The Kier molecular flexibility index (Phi) is 6.31. The maximum Gasteiger partial charge on any atom is 0.308 e. The molecule has 3 rings (SSSR count). The van der Waals surface area contributed by atoms with Crippen LogP contribution in [-0.4, -0.2) is 53.9 Å². The number of methoxy groups -OCH3 is 1. The monoisotopic (exact) mass is 390 g/mol. The molecule has 1 aromatic carbocycles. The van der Waals surface area contributed by atoms with Crippen LogP contribution in [0.15, 0.2) is 24.3 Å². The number of aliphatic hydroxyl groups excluding tert-OH is 2. The van der Waals surface area contributed by atoms with E-state index in [1.54, 1.807) is 0 Å². The second kappa shape index (κ2) is 8.70. The SMILES string of the molecule is COC(=O)C1CCC(CNC(=O)[C@H](O)[C@@H](O)C(=O)NC2c3ccccc32)CC1. The average Bonchev–Trinajstić information content (AvgIpc) is 3.43. The molecular formula is C20H26N2O6. The van der Waals surface area contributed by atoms with Gasteiger partial charge in [-0.25, -0.2) is 0 Å². The van der Waals surface area contributed by atoms with Crippen LogP contribution in [0.1, 0.15) is 42.9 Å². The normalized spacial score (nSPS) is 23.1. The number of hydrogen-bond donors (Lipinski definition) is 4. The summed E-state index contributed by atoms with van der Waals surface area (Å²) in [7, 11) is 1.37. The van der Waals surface area contributed by atoms with Gasteiger partial charge < -0.3 is 25.6 Å². The fourth-order valence-electron chi connectivity index (χ4n) is 3.75. The van der Waals surface area contributed by atoms with Crippen molar-refractivity contribution in [2.24, 2.45) is 11.8 Å². The lowest BCUT2D eigenvalue weighted by atomic mass is 9.82. The molecular weight excluding hydrogens is 364 g/mol. The van der Waals surface area contributed by atoms with Crippen LogP contribution >= 0.6 is 0 Å². The number of amides is 2. The first-order valence-corrected chi connectivity index (χ1v) is 9.53. The van der Waals surface area contributed by atoms with Crippen LogP contribution in [0.2, 0.25) is 0 Å². The van der Waals surface area contributed by atoms with E-state index in [0.717, 1.165) is 24.0 Å². The van der Waals surface area contributed by atoms with Crippen LogP contribution < -0.4 is 10.6 Å². The predicted molar refractivity (Wildman–Crippen MR) is 98.9 cm³/mol. The van der Waals surface area contributed by atoms with Gasteiger partial charge in [-0.05, 0) is 42.7 Å². The van der Waals surface area contributed by atoms with Gasteiger partial charge in [0.1, 0.15) is 0 Å². The van der Waals surface area contributed by atoms with Crippen LogP contribution in [0.4, 0.5) is 0 Å². The highest BCUT2D eigenvalue weighted by atomic mass is 16.5. The Morgan fingerprint density at radius 1 is 1.04 bits per heavy atom. The highest BCUT2D eigenvalue weighted by molar-refractivity contribution is 5.91. The van der Waals surface area contributed by atoms with Crippen LogP contribution in [-0.2, 0) is 19.1 Å². The zero-order valence-electron chi connectivity index (χ0n) is 15.8. The predicted octanol–water partition coefficient (Wildman–Crippen LogP) is 0.0230. The van der Waals surface area contributed by atoms with Gasteiger partial charge in [0.2, 0.25) is 0 Å². The lowest BCUT2D eigenvalue weighted by Gasteiger charge is -2.27. The molecule has 4 N–H and O–H groups in total. The summed E-state index contributed by atoms with van der Waals surface area (Å²) in [6.07, 6.45) is -0.760. The summed E-state index contributed by atoms with van der Waals surface area (Å²) in [5.41, 5.74) is 1.93. The summed E-state index contributed by atoms with van der Waals surface area (Å²) < 4.78 is 4.75. The average molecular weight is 390 g/mol. The highest BCUT2D eigenvalue weighted by Gasteiger charge is 2.37. The fraction of sp³-hybridized carbons (Fsp3) is 0.550. The van der Waals surface area contributed by atoms with Gasteiger partial charge in [0.25, 0.3) is 11.8 Å². The molecule has 0 saturated heterocycles. The summed E-state index contributed by atoms with van der Waals surface area (Å²) in [5, 5.41) is 25.2. The lowest BCUT2D eigenvalue weighted by molar-refractivity contribution is -0.147. The van der Waals surface area contributed by atoms with Crippen molar-refractivity contribution < 1.29 is 29.3 Å². The van der Waals surface area contributed by atoms with E-state index in [2.05, 4.69) is 10.6 Å². The van der Waals surface area contributed by atoms with Gasteiger partial charge in [-0.3, -0.25) is 14.4 Å². The summed E-state index contributed by atoms with van der Waals surface area (Å²) in [5.74, 6) is -1.69. The molecule has 0 radical (unpaired) electrons. The van der Waals surface area contributed by atoms with E-state index in [1.807, 2.05) is 24.3 Å². The first kappa shape index (κ1) is 20.3. The van der Waals surface area contributed by atoms with E-state index < -0.39 is 24.0 Å². The first-order valence-electron chi connectivity index (χ1n) is 9.53. The zero-order valence-corrected chi connectivity index (χ0v) is 15.8. The second-order valence-corrected chi connectivity index (χ2v) is 7.45. The third-order valence-corrected chi connectivity index (χ3v) is 5.60. The smallest absolute Gasteiger partial charge is 0.308 e. The van der Waals surface area contributed by atoms with E-state index in [9.17, 15) is 24.6 Å². The minimum Gasteiger partial charge on any atom is -0.469 e. The van der Waals surface area contributed by atoms with Crippen LogP contribution in [0.3, 0.4) is 0 Å². The number of fused-ring (bicyclic) bond motifs is 1. The molecule has 2 aliphatic rings. The number of benzene rings is 1. The minimum absolute atomic E-state index is 0.0976. The van der Waals surface area contributed by atoms with Crippen LogP contribution in [0.5, 0.6) is 0 Å². The van der Waals surface area contributed by atoms with Crippen molar-refractivity contribution in [1.82, 2.24) is 10.6 Å². The first-order chi connectivity index (χ1) is 13.4. The standard InChI is InChI=1S/C20H26N2O6/c1-28-20(27)12-8-6-11(7-9-12)10-21-18(25)16(23)17(24)19(26)22-15-13-4-2-3-5-14(13)15/h2-5,11-12,15-17,23-24H,6-10H2,1H3,(H,21,25)(H,22,26)/t11?,12?,16-,17-/m1/s1. The fourth-order valence-corrected chi connectivity index (χ4v) is 3.75. The number of aliphatic hydroxyl groups is 2. The highest BCUT2D eigenvalue weighted by Crippen LogP contribution is 2.40. The Balaban J connectivity index is 1.39. The third-order valence-electron chi connectivity index (χ3n) is 5.60. The van der Waals surface area contributed by atoms with Gasteiger partial charge in [-0.15, -0.1) is 0 Å². The Hall–Kier alpha value is -2.45. The number of ether oxygens (including phenoxy) is 1. The van der Waals surface area contributed by atoms with E-state index in [4.69, 9.17) is 4.74 Å². The molecule has 1 aromatic rings. The summed E-state index contributed by atoms with van der Waals surface area (Å²) in [4.78, 5) is 35.7. The van der Waals surface area contributed by atoms with Crippen LogP contribution in [0.25, 0.3) is 0 Å². The molecule has 0 aromatic heterocycles. The number of esters is 1. The Morgan fingerprint density at radius 3 is 2.18 bits per heavy atom. The quantitative estimate of drug-likeness (QED) is 0.487. The summed E-state index contributed by atoms with van der Waals surface area (Å²) in [6, 6.07) is 7.16. The molecule has 2 aliphatic carbocycles. The number of nitrogens with one attached hydrogen (secondary N) is 2. The summed E-state index contributed by atoms with van der Waals surface area (Å²) >= 11 is 0. The number of hydrogen-bond acceptors (Lipinski definition) is 6. The van der Waals surface area contributed by atoms with Gasteiger partial charge in [0, 0.05) is 6.54 Å². The van der Waals surface area contributed by atoms with Crippen molar-refractivity contribution in [3.63, 3.8) is 0 Å². The third kappa shape index (κ3) is 4.51. The van der Waals surface area contributed by atoms with Crippen molar-refractivity contribution in [3.05, 3.63) is 35.4 Å². The maximum atomic E-state index is 12.1. The molecule has 0 spiro atoms. The minimum atomic E-state index is -1.84. The maximum absolute atomic E-state index is 12.1. The molecule has 1 fully saturated rings. The van der Waals surface area contributed by atoms with Gasteiger partial charge in [-0.2, -0.15) is 0 Å². The zero-order chi connectivity index (χ0) is 20.3. The number of rotatable bonds is 7. The molecule has 2 atom stereocenters. The molecule has 28 heavy (non-hydrogen) atoms. The molecule has 2 amide bonds. The molecule has 0 aliphatic heterocycles. The van der Waals surface area contributed by atoms with Gasteiger partial charge in [0.05, 0.1) is 19.1 Å². The van der Waals surface area contributed by atoms with Crippen molar-refractivity contribution in [1.29, 1.82) is 0 Å². The molecule has 1 saturated carbocycles. The van der Waals surface area contributed by atoms with Crippen molar-refractivity contribution in [2.45, 2.75) is 43.9 Å². The van der Waals surface area contributed by atoms with Crippen molar-refractivity contribution >= 4 is 17.8 Å². The molecule has 0 bridgehead atoms. The van der Waals surface area contributed by atoms with E-state index in [0.29, 0.717) is 19.4 Å². The van der Waals surface area contributed by atoms with E-state index >= 15 is 0 Å². The van der Waals surface area contributed by atoms with E-state index in [-0.39, 0.29) is 23.8 Å².